The van der Waals surface area contributed by atoms with E-state index in [-0.39, 0.29) is 11.2 Å². The van der Waals surface area contributed by atoms with Crippen LogP contribution in [0.4, 0.5) is 4.39 Å². The fourth-order valence-corrected chi connectivity index (χ4v) is 1.32. The summed E-state index contributed by atoms with van der Waals surface area (Å²) in [6.07, 6.45) is 0.640. The lowest BCUT2D eigenvalue weighted by atomic mass is 9.86. The molecule has 1 aromatic carbocycles. The third-order valence-electron chi connectivity index (χ3n) is 2.13. The molecule has 71 valence electrons. The van der Waals surface area contributed by atoms with Crippen LogP contribution in [-0.4, -0.2) is 0 Å². The Hall–Kier alpha value is -0.850. The SMILES string of the molecule is [CH2]Cc1ccc(C(C)(C)C)c(F)c1. The molecule has 0 spiro atoms. The topological polar surface area (TPSA) is 0 Å². The highest BCUT2D eigenvalue weighted by Gasteiger charge is 2.17. The molecule has 0 fully saturated rings. The predicted octanol–water partition coefficient (Wildman–Crippen LogP) is 3.50. The highest BCUT2D eigenvalue weighted by molar-refractivity contribution is 5.29. The van der Waals surface area contributed by atoms with Gasteiger partial charge in [-0.15, -0.1) is 0 Å². The van der Waals surface area contributed by atoms with Gasteiger partial charge in [0.25, 0.3) is 0 Å². The summed E-state index contributed by atoms with van der Waals surface area (Å²) in [4.78, 5) is 0. The van der Waals surface area contributed by atoms with Crippen molar-refractivity contribution in [3.63, 3.8) is 0 Å². The fraction of sp³-hybridized carbons (Fsp3) is 0.417. The Morgan fingerprint density at radius 2 is 1.92 bits per heavy atom. The van der Waals surface area contributed by atoms with Crippen LogP contribution in [0.25, 0.3) is 0 Å². The monoisotopic (exact) mass is 179 g/mol. The van der Waals surface area contributed by atoms with E-state index in [4.69, 9.17) is 0 Å². The van der Waals surface area contributed by atoms with Crippen LogP contribution in [0, 0.1) is 12.7 Å². The number of rotatable bonds is 1. The van der Waals surface area contributed by atoms with E-state index in [9.17, 15) is 4.39 Å². The smallest absolute Gasteiger partial charge is 0.127 e. The lowest BCUT2D eigenvalue weighted by Crippen LogP contribution is -2.13. The van der Waals surface area contributed by atoms with Crippen molar-refractivity contribution in [2.45, 2.75) is 32.6 Å². The minimum absolute atomic E-state index is 0.117. The summed E-state index contributed by atoms with van der Waals surface area (Å²) < 4.78 is 13.5. The van der Waals surface area contributed by atoms with Crippen molar-refractivity contribution in [1.29, 1.82) is 0 Å². The fourth-order valence-electron chi connectivity index (χ4n) is 1.32. The summed E-state index contributed by atoms with van der Waals surface area (Å²) in [5, 5.41) is 0. The van der Waals surface area contributed by atoms with Crippen molar-refractivity contribution >= 4 is 0 Å². The summed E-state index contributed by atoms with van der Waals surface area (Å²) in [6.45, 7) is 9.75. The van der Waals surface area contributed by atoms with Gasteiger partial charge in [-0.2, -0.15) is 0 Å². The van der Waals surface area contributed by atoms with Crippen molar-refractivity contribution in [2.24, 2.45) is 0 Å². The lowest BCUT2D eigenvalue weighted by molar-refractivity contribution is 0.522. The third kappa shape index (κ3) is 2.30. The summed E-state index contributed by atoms with van der Waals surface area (Å²) in [7, 11) is 0. The average Bonchev–Trinajstić information content (AvgIpc) is 2.01. The van der Waals surface area contributed by atoms with Gasteiger partial charge in [0.2, 0.25) is 0 Å². The van der Waals surface area contributed by atoms with Gasteiger partial charge in [-0.3, -0.25) is 0 Å². The van der Waals surface area contributed by atoms with Crippen LogP contribution in [0.5, 0.6) is 0 Å². The molecular weight excluding hydrogens is 163 g/mol. The zero-order valence-electron chi connectivity index (χ0n) is 8.52. The number of hydrogen-bond acceptors (Lipinski definition) is 0. The maximum atomic E-state index is 13.5. The highest BCUT2D eigenvalue weighted by atomic mass is 19.1. The second kappa shape index (κ2) is 3.49. The average molecular weight is 179 g/mol. The van der Waals surface area contributed by atoms with E-state index >= 15 is 0 Å². The first kappa shape index (κ1) is 10.2. The molecule has 0 unspecified atom stereocenters. The zero-order valence-corrected chi connectivity index (χ0v) is 8.52. The third-order valence-corrected chi connectivity index (χ3v) is 2.13. The summed E-state index contributed by atoms with van der Waals surface area (Å²) >= 11 is 0. The summed E-state index contributed by atoms with van der Waals surface area (Å²) in [5.74, 6) is -0.117. The van der Waals surface area contributed by atoms with Crippen LogP contribution < -0.4 is 0 Å². The van der Waals surface area contributed by atoms with Crippen LogP contribution in [-0.2, 0) is 11.8 Å². The van der Waals surface area contributed by atoms with Gasteiger partial charge in [0, 0.05) is 0 Å². The number of benzene rings is 1. The maximum Gasteiger partial charge on any atom is 0.127 e. The van der Waals surface area contributed by atoms with E-state index in [2.05, 4.69) is 6.92 Å². The van der Waals surface area contributed by atoms with Crippen LogP contribution >= 0.6 is 0 Å². The minimum atomic E-state index is -0.121. The molecule has 0 nitrogen and oxygen atoms in total. The second-order valence-electron chi connectivity index (χ2n) is 4.31. The molecule has 0 saturated carbocycles. The van der Waals surface area contributed by atoms with E-state index in [1.165, 1.54) is 0 Å². The van der Waals surface area contributed by atoms with Crippen LogP contribution in [0.2, 0.25) is 0 Å². The lowest BCUT2D eigenvalue weighted by Gasteiger charge is -2.20. The van der Waals surface area contributed by atoms with E-state index in [1.54, 1.807) is 6.07 Å². The summed E-state index contributed by atoms with van der Waals surface area (Å²) in [6, 6.07) is 5.38. The first-order chi connectivity index (χ1) is 5.95. The van der Waals surface area contributed by atoms with Gasteiger partial charge < -0.3 is 0 Å². The van der Waals surface area contributed by atoms with E-state index in [0.717, 1.165) is 11.1 Å². The van der Waals surface area contributed by atoms with Gasteiger partial charge in [-0.1, -0.05) is 32.9 Å². The summed E-state index contributed by atoms with van der Waals surface area (Å²) in [5.41, 5.74) is 1.60. The number of hydrogen-bond donors (Lipinski definition) is 0. The molecular formula is C12H16F. The predicted molar refractivity (Wildman–Crippen MR) is 54.2 cm³/mol. The molecule has 0 aliphatic rings. The minimum Gasteiger partial charge on any atom is -0.207 e. The van der Waals surface area contributed by atoms with Gasteiger partial charge in [-0.25, -0.2) is 4.39 Å². The maximum absolute atomic E-state index is 13.5. The molecule has 13 heavy (non-hydrogen) atoms. The Labute approximate surface area is 79.8 Å². The van der Waals surface area contributed by atoms with E-state index in [1.807, 2.05) is 32.9 Å². The number of halogens is 1. The molecule has 0 aliphatic carbocycles. The molecule has 0 aliphatic heterocycles. The molecule has 0 aromatic heterocycles. The van der Waals surface area contributed by atoms with E-state index in [0.29, 0.717) is 6.42 Å². The van der Waals surface area contributed by atoms with Crippen molar-refractivity contribution in [3.8, 4) is 0 Å². The molecule has 0 heterocycles. The molecule has 1 aromatic rings. The van der Waals surface area contributed by atoms with Crippen molar-refractivity contribution < 1.29 is 4.39 Å². The molecule has 0 N–H and O–H groups in total. The molecule has 0 amide bonds. The van der Waals surface area contributed by atoms with Crippen molar-refractivity contribution in [3.05, 3.63) is 42.1 Å². The zero-order chi connectivity index (χ0) is 10.1. The molecule has 1 rings (SSSR count). The molecule has 1 heteroatoms. The Balaban J connectivity index is 3.13. The second-order valence-corrected chi connectivity index (χ2v) is 4.31. The van der Waals surface area contributed by atoms with Crippen LogP contribution in [0.15, 0.2) is 18.2 Å². The molecule has 1 radical (unpaired) electrons. The standard InChI is InChI=1S/C12H16F/c1-5-9-6-7-10(11(13)8-9)12(2,3)4/h6-8H,1,5H2,2-4H3. The van der Waals surface area contributed by atoms with Crippen molar-refractivity contribution in [2.75, 3.05) is 0 Å². The largest absolute Gasteiger partial charge is 0.207 e. The van der Waals surface area contributed by atoms with Gasteiger partial charge in [0.1, 0.15) is 5.82 Å². The van der Waals surface area contributed by atoms with Gasteiger partial charge >= 0.3 is 0 Å². The Morgan fingerprint density at radius 3 is 2.31 bits per heavy atom. The molecule has 0 atom stereocenters. The molecule has 0 saturated heterocycles. The normalized spacial score (nSPS) is 11.8. The van der Waals surface area contributed by atoms with Crippen LogP contribution in [0.1, 0.15) is 31.9 Å². The first-order valence-corrected chi connectivity index (χ1v) is 4.53. The van der Waals surface area contributed by atoms with Crippen molar-refractivity contribution in [1.82, 2.24) is 0 Å². The highest BCUT2D eigenvalue weighted by Crippen LogP contribution is 2.25. The quantitative estimate of drug-likeness (QED) is 0.619. The van der Waals surface area contributed by atoms with Gasteiger partial charge in [-0.05, 0) is 36.0 Å². The Bertz CT molecular complexity index is 294. The Kier molecular flexibility index (Phi) is 2.74. The Morgan fingerprint density at radius 1 is 1.31 bits per heavy atom. The molecule has 0 bridgehead atoms. The first-order valence-electron chi connectivity index (χ1n) is 4.53. The van der Waals surface area contributed by atoms with Crippen LogP contribution in [0.3, 0.4) is 0 Å². The van der Waals surface area contributed by atoms with Gasteiger partial charge in [0.15, 0.2) is 0 Å². The van der Waals surface area contributed by atoms with E-state index < -0.39 is 0 Å². The van der Waals surface area contributed by atoms with Gasteiger partial charge in [0.05, 0.1) is 0 Å².